The molecule has 1 amide bonds. The quantitative estimate of drug-likeness (QED) is 0.623. The van der Waals surface area contributed by atoms with Crippen LogP contribution in [0.1, 0.15) is 53.4 Å². The largest absolute Gasteiger partial charge is 0.465 e. The zero-order chi connectivity index (χ0) is 16.0. The summed E-state index contributed by atoms with van der Waals surface area (Å²) in [7, 11) is 0. The second kappa shape index (κ2) is 8.05. The SMILES string of the molecule is CC(C)=C(C)C(=O)OCCN(C(=O)O)C1CCCCC1C. The van der Waals surface area contributed by atoms with Crippen LogP contribution in [0, 0.1) is 5.92 Å². The minimum absolute atomic E-state index is 0.0412. The predicted molar refractivity (Wildman–Crippen MR) is 81.2 cm³/mol. The van der Waals surface area contributed by atoms with Gasteiger partial charge in [-0.3, -0.25) is 0 Å². The molecule has 0 saturated heterocycles. The van der Waals surface area contributed by atoms with Gasteiger partial charge in [0.25, 0.3) is 0 Å². The van der Waals surface area contributed by atoms with Gasteiger partial charge in [0.15, 0.2) is 0 Å². The molecular weight excluding hydrogens is 270 g/mol. The van der Waals surface area contributed by atoms with E-state index in [-0.39, 0.29) is 25.2 Å². The Morgan fingerprint density at radius 2 is 1.81 bits per heavy atom. The number of carbonyl (C=O) groups is 2. The van der Waals surface area contributed by atoms with Crippen molar-refractivity contribution in [2.24, 2.45) is 5.92 Å². The lowest BCUT2D eigenvalue weighted by molar-refractivity contribution is -0.139. The van der Waals surface area contributed by atoms with E-state index in [0.29, 0.717) is 11.5 Å². The van der Waals surface area contributed by atoms with Crippen molar-refractivity contribution in [3.8, 4) is 0 Å². The molecule has 5 nitrogen and oxygen atoms in total. The van der Waals surface area contributed by atoms with E-state index in [0.717, 1.165) is 24.8 Å². The van der Waals surface area contributed by atoms with Gasteiger partial charge in [-0.1, -0.05) is 25.3 Å². The molecule has 0 bridgehead atoms. The summed E-state index contributed by atoms with van der Waals surface area (Å²) in [6.45, 7) is 7.87. The maximum atomic E-state index is 11.7. The van der Waals surface area contributed by atoms with E-state index in [1.807, 2.05) is 13.8 Å². The summed E-state index contributed by atoms with van der Waals surface area (Å²) in [5.74, 6) is 0.00195. The lowest BCUT2D eigenvalue weighted by Crippen LogP contribution is -2.46. The summed E-state index contributed by atoms with van der Waals surface area (Å²) in [5, 5.41) is 9.38. The van der Waals surface area contributed by atoms with Crippen molar-refractivity contribution in [3.05, 3.63) is 11.1 Å². The van der Waals surface area contributed by atoms with E-state index < -0.39 is 6.09 Å². The fourth-order valence-electron chi connectivity index (χ4n) is 2.71. The first-order chi connectivity index (χ1) is 9.84. The van der Waals surface area contributed by atoms with Gasteiger partial charge in [0, 0.05) is 11.6 Å². The van der Waals surface area contributed by atoms with Gasteiger partial charge in [-0.05, 0) is 39.5 Å². The van der Waals surface area contributed by atoms with E-state index in [1.165, 1.54) is 11.3 Å². The lowest BCUT2D eigenvalue weighted by Gasteiger charge is -2.36. The summed E-state index contributed by atoms with van der Waals surface area (Å²) in [4.78, 5) is 24.6. The van der Waals surface area contributed by atoms with Crippen LogP contribution < -0.4 is 0 Å². The number of carboxylic acid groups (broad SMARTS) is 1. The number of allylic oxidation sites excluding steroid dienone is 1. The van der Waals surface area contributed by atoms with Crippen LogP contribution in [0.5, 0.6) is 0 Å². The maximum absolute atomic E-state index is 11.7. The Balaban J connectivity index is 2.54. The van der Waals surface area contributed by atoms with Crippen molar-refractivity contribution >= 4 is 12.1 Å². The van der Waals surface area contributed by atoms with Gasteiger partial charge >= 0.3 is 12.1 Å². The monoisotopic (exact) mass is 297 g/mol. The van der Waals surface area contributed by atoms with Crippen LogP contribution in [-0.2, 0) is 9.53 Å². The van der Waals surface area contributed by atoms with E-state index in [4.69, 9.17) is 4.74 Å². The Labute approximate surface area is 127 Å². The van der Waals surface area contributed by atoms with Crippen molar-refractivity contribution in [2.75, 3.05) is 13.2 Å². The fraction of sp³-hybridized carbons (Fsp3) is 0.750. The third-order valence-electron chi connectivity index (χ3n) is 4.33. The molecule has 1 rings (SSSR count). The first-order valence-corrected chi connectivity index (χ1v) is 7.65. The van der Waals surface area contributed by atoms with Crippen LogP contribution in [0.2, 0.25) is 0 Å². The highest BCUT2D eigenvalue weighted by atomic mass is 16.5. The number of hydrogen-bond donors (Lipinski definition) is 1. The van der Waals surface area contributed by atoms with Crippen LogP contribution in [0.4, 0.5) is 4.79 Å². The van der Waals surface area contributed by atoms with E-state index >= 15 is 0 Å². The molecule has 0 aromatic rings. The normalized spacial score (nSPS) is 21.5. The maximum Gasteiger partial charge on any atom is 0.407 e. The van der Waals surface area contributed by atoms with Gasteiger partial charge in [0.2, 0.25) is 0 Å². The summed E-state index contributed by atoms with van der Waals surface area (Å²) in [6.07, 6.45) is 3.26. The minimum Gasteiger partial charge on any atom is -0.465 e. The summed E-state index contributed by atoms with van der Waals surface area (Å²) >= 11 is 0. The number of carbonyl (C=O) groups excluding carboxylic acids is 1. The number of rotatable bonds is 5. The van der Waals surface area contributed by atoms with Crippen LogP contribution in [0.3, 0.4) is 0 Å². The Morgan fingerprint density at radius 3 is 2.33 bits per heavy atom. The Kier molecular flexibility index (Phi) is 6.72. The van der Waals surface area contributed by atoms with Crippen LogP contribution >= 0.6 is 0 Å². The van der Waals surface area contributed by atoms with E-state index in [1.54, 1.807) is 6.92 Å². The van der Waals surface area contributed by atoms with Gasteiger partial charge in [0.05, 0.1) is 6.54 Å². The zero-order valence-electron chi connectivity index (χ0n) is 13.5. The van der Waals surface area contributed by atoms with Crippen LogP contribution in [0.25, 0.3) is 0 Å². The molecule has 1 fully saturated rings. The highest BCUT2D eigenvalue weighted by molar-refractivity contribution is 5.88. The first-order valence-electron chi connectivity index (χ1n) is 7.65. The molecule has 5 heteroatoms. The third kappa shape index (κ3) is 5.06. The summed E-state index contributed by atoms with van der Waals surface area (Å²) in [5.41, 5.74) is 1.50. The zero-order valence-corrected chi connectivity index (χ0v) is 13.5. The molecule has 0 aromatic heterocycles. The van der Waals surface area contributed by atoms with Gasteiger partial charge < -0.3 is 14.7 Å². The predicted octanol–water partition coefficient (Wildman–Crippen LogP) is 3.44. The molecule has 0 heterocycles. The van der Waals surface area contributed by atoms with E-state index in [9.17, 15) is 14.7 Å². The number of amides is 1. The van der Waals surface area contributed by atoms with Crippen molar-refractivity contribution in [1.82, 2.24) is 4.90 Å². The van der Waals surface area contributed by atoms with Gasteiger partial charge in [-0.25, -0.2) is 9.59 Å². The van der Waals surface area contributed by atoms with Gasteiger partial charge in [-0.15, -0.1) is 0 Å². The second-order valence-electron chi connectivity index (χ2n) is 6.07. The van der Waals surface area contributed by atoms with Crippen molar-refractivity contribution < 1.29 is 19.4 Å². The molecule has 21 heavy (non-hydrogen) atoms. The summed E-state index contributed by atoms with van der Waals surface area (Å²) < 4.78 is 5.17. The molecule has 0 spiro atoms. The first kappa shape index (κ1) is 17.5. The van der Waals surface area contributed by atoms with E-state index in [2.05, 4.69) is 6.92 Å². The summed E-state index contributed by atoms with van der Waals surface area (Å²) in [6, 6.07) is 0.0412. The van der Waals surface area contributed by atoms with Gasteiger partial charge in [0.1, 0.15) is 6.61 Å². The minimum atomic E-state index is -0.927. The molecule has 1 N–H and O–H groups in total. The Morgan fingerprint density at radius 1 is 1.19 bits per heavy atom. The third-order valence-corrected chi connectivity index (χ3v) is 4.33. The standard InChI is InChI=1S/C16H27NO4/c1-11(2)13(4)15(18)21-10-9-17(16(19)20)14-8-6-5-7-12(14)3/h12,14H,5-10H2,1-4H3,(H,19,20). The Hall–Kier alpha value is -1.52. The van der Waals surface area contributed by atoms with Crippen LogP contribution in [0.15, 0.2) is 11.1 Å². The molecule has 0 aliphatic heterocycles. The average Bonchev–Trinajstić information content (AvgIpc) is 2.43. The van der Waals surface area contributed by atoms with Crippen LogP contribution in [-0.4, -0.2) is 41.3 Å². The number of nitrogens with zero attached hydrogens (tertiary/aromatic N) is 1. The number of ether oxygens (including phenoxy) is 1. The number of esters is 1. The average molecular weight is 297 g/mol. The Bertz CT molecular complexity index is 413. The van der Waals surface area contributed by atoms with Crippen molar-refractivity contribution in [1.29, 1.82) is 0 Å². The molecule has 1 saturated carbocycles. The topological polar surface area (TPSA) is 66.8 Å². The molecule has 120 valence electrons. The second-order valence-corrected chi connectivity index (χ2v) is 6.07. The van der Waals surface area contributed by atoms with Gasteiger partial charge in [-0.2, -0.15) is 0 Å². The smallest absolute Gasteiger partial charge is 0.407 e. The molecule has 0 aromatic carbocycles. The molecule has 1 aliphatic rings. The highest BCUT2D eigenvalue weighted by Crippen LogP contribution is 2.28. The van der Waals surface area contributed by atoms with Crippen molar-refractivity contribution in [3.63, 3.8) is 0 Å². The molecule has 0 radical (unpaired) electrons. The molecule has 2 unspecified atom stereocenters. The fourth-order valence-corrected chi connectivity index (χ4v) is 2.71. The lowest BCUT2D eigenvalue weighted by atomic mass is 9.85. The van der Waals surface area contributed by atoms with Crippen molar-refractivity contribution in [2.45, 2.75) is 59.4 Å². The highest BCUT2D eigenvalue weighted by Gasteiger charge is 2.30. The molecule has 1 aliphatic carbocycles. The molecular formula is C16H27NO4. The molecule has 2 atom stereocenters. The number of hydrogen-bond acceptors (Lipinski definition) is 3.